The number of aliphatic hydroxyl groups is 2. The number of thioether (sulfide) groups is 1. The Balaban J connectivity index is 2.92. The minimum Gasteiger partial charge on any atom is -0.480 e. The molecule has 186 valence electrons. The average Bonchev–Trinajstić information content (AvgIpc) is 3.26. The minimum atomic E-state index is -1.49. The summed E-state index contributed by atoms with van der Waals surface area (Å²) in [6.45, 7) is 2.59. The van der Waals surface area contributed by atoms with Gasteiger partial charge in [-0.25, -0.2) is 9.78 Å². The lowest BCUT2D eigenvalue weighted by Crippen LogP contribution is -2.60. The number of carboxylic acids is 1. The summed E-state index contributed by atoms with van der Waals surface area (Å²) in [5.74, 6) is -3.27. The van der Waals surface area contributed by atoms with Crippen LogP contribution in [0.4, 0.5) is 0 Å². The number of imidazole rings is 1. The Morgan fingerprint density at radius 3 is 2.18 bits per heavy atom. The third kappa shape index (κ3) is 9.37. The van der Waals surface area contributed by atoms with Gasteiger partial charge in [-0.15, -0.1) is 0 Å². The van der Waals surface area contributed by atoms with Crippen molar-refractivity contribution >= 4 is 35.5 Å². The molecule has 0 aliphatic rings. The standard InChI is InChI=1S/C19H32N6O7S/c1-9(26)14(20)17(29)23-12(4-5-33-3)16(28)25-15(10(2)27)18(30)24-13(19(31)32)6-11-7-21-8-22-11/h7-10,12-15,26-27H,4-6,20H2,1-3H3,(H,21,22)(H,23,29)(H,24,30)(H,25,28)(H,31,32). The van der Waals surface area contributed by atoms with E-state index in [0.717, 1.165) is 0 Å². The fourth-order valence-electron chi connectivity index (χ4n) is 2.73. The number of hydrogen-bond acceptors (Lipinski definition) is 9. The first-order chi connectivity index (χ1) is 15.5. The molecule has 1 aromatic rings. The normalized spacial score (nSPS) is 16.5. The van der Waals surface area contributed by atoms with Gasteiger partial charge in [0.2, 0.25) is 17.7 Å². The molecular formula is C19H32N6O7S. The monoisotopic (exact) mass is 488 g/mol. The second kappa shape index (κ2) is 13.8. The number of nitrogens with zero attached hydrogens (tertiary/aromatic N) is 1. The van der Waals surface area contributed by atoms with Crippen LogP contribution in [0.2, 0.25) is 0 Å². The first kappa shape index (κ1) is 28.4. The molecule has 0 aromatic carbocycles. The van der Waals surface area contributed by atoms with Crippen molar-refractivity contribution in [1.29, 1.82) is 0 Å². The maximum absolute atomic E-state index is 12.8. The van der Waals surface area contributed by atoms with Crippen molar-refractivity contribution in [3.05, 3.63) is 18.2 Å². The van der Waals surface area contributed by atoms with E-state index in [1.807, 2.05) is 0 Å². The lowest BCUT2D eigenvalue weighted by Gasteiger charge is -2.26. The zero-order valence-electron chi connectivity index (χ0n) is 18.6. The molecule has 13 nitrogen and oxygen atoms in total. The largest absolute Gasteiger partial charge is 0.480 e. The van der Waals surface area contributed by atoms with Crippen molar-refractivity contribution in [1.82, 2.24) is 25.9 Å². The Bertz CT molecular complexity index is 790. The fourth-order valence-corrected chi connectivity index (χ4v) is 3.20. The number of aromatic nitrogens is 2. The van der Waals surface area contributed by atoms with E-state index in [4.69, 9.17) is 5.73 Å². The topological polar surface area (TPSA) is 220 Å². The summed E-state index contributed by atoms with van der Waals surface area (Å²) >= 11 is 1.42. The molecule has 14 heteroatoms. The van der Waals surface area contributed by atoms with Crippen molar-refractivity contribution in [3.63, 3.8) is 0 Å². The number of aromatic amines is 1. The maximum atomic E-state index is 12.8. The van der Waals surface area contributed by atoms with Crippen LogP contribution in [-0.4, -0.2) is 97.4 Å². The molecule has 0 saturated heterocycles. The van der Waals surface area contributed by atoms with Crippen LogP contribution < -0.4 is 21.7 Å². The third-order valence-electron chi connectivity index (χ3n) is 4.72. The molecule has 6 unspecified atom stereocenters. The van der Waals surface area contributed by atoms with Gasteiger partial charge in [0, 0.05) is 18.3 Å². The van der Waals surface area contributed by atoms with Crippen molar-refractivity contribution in [2.75, 3.05) is 12.0 Å². The first-order valence-corrected chi connectivity index (χ1v) is 11.6. The number of nitrogens with one attached hydrogen (secondary N) is 4. The molecule has 0 aliphatic heterocycles. The van der Waals surface area contributed by atoms with E-state index in [-0.39, 0.29) is 12.8 Å². The van der Waals surface area contributed by atoms with Gasteiger partial charge in [0.1, 0.15) is 24.2 Å². The van der Waals surface area contributed by atoms with Gasteiger partial charge in [-0.05, 0) is 32.3 Å². The van der Waals surface area contributed by atoms with Crippen LogP contribution in [0.5, 0.6) is 0 Å². The minimum absolute atomic E-state index is 0.0921. The Hall–Kier alpha value is -2.68. The number of aliphatic carboxylic acids is 1. The number of rotatable bonds is 14. The van der Waals surface area contributed by atoms with Crippen LogP contribution in [0.3, 0.4) is 0 Å². The molecule has 0 aliphatic carbocycles. The molecule has 1 rings (SSSR count). The predicted octanol–water partition coefficient (Wildman–Crippen LogP) is -2.67. The van der Waals surface area contributed by atoms with Crippen molar-refractivity contribution in [2.24, 2.45) is 5.73 Å². The van der Waals surface area contributed by atoms with E-state index in [1.54, 1.807) is 6.26 Å². The lowest BCUT2D eigenvalue weighted by molar-refractivity contribution is -0.143. The summed E-state index contributed by atoms with van der Waals surface area (Å²) in [4.78, 5) is 55.8. The second-order valence-electron chi connectivity index (χ2n) is 7.52. The Labute approximate surface area is 195 Å². The van der Waals surface area contributed by atoms with E-state index < -0.39 is 60.1 Å². The van der Waals surface area contributed by atoms with E-state index >= 15 is 0 Å². The number of hydrogen-bond donors (Lipinski definition) is 8. The van der Waals surface area contributed by atoms with Crippen LogP contribution in [0.1, 0.15) is 26.0 Å². The van der Waals surface area contributed by atoms with Gasteiger partial charge >= 0.3 is 5.97 Å². The highest BCUT2D eigenvalue weighted by molar-refractivity contribution is 7.98. The summed E-state index contributed by atoms with van der Waals surface area (Å²) in [7, 11) is 0. The highest BCUT2D eigenvalue weighted by Gasteiger charge is 2.33. The molecule has 0 saturated carbocycles. The molecular weight excluding hydrogens is 456 g/mol. The van der Waals surface area contributed by atoms with Gasteiger partial charge in [0.05, 0.1) is 18.5 Å². The van der Waals surface area contributed by atoms with E-state index in [2.05, 4.69) is 25.9 Å². The molecule has 1 heterocycles. The number of nitrogens with two attached hydrogens (primary N) is 1. The Kier molecular flexibility index (Phi) is 11.8. The zero-order valence-corrected chi connectivity index (χ0v) is 19.5. The van der Waals surface area contributed by atoms with Gasteiger partial charge in [-0.3, -0.25) is 14.4 Å². The van der Waals surface area contributed by atoms with E-state index in [0.29, 0.717) is 11.4 Å². The van der Waals surface area contributed by atoms with Gasteiger partial charge in [-0.2, -0.15) is 11.8 Å². The molecule has 3 amide bonds. The smallest absolute Gasteiger partial charge is 0.326 e. The summed E-state index contributed by atoms with van der Waals surface area (Å²) < 4.78 is 0. The fraction of sp³-hybridized carbons (Fsp3) is 0.632. The summed E-state index contributed by atoms with van der Waals surface area (Å²) in [6.07, 6.45) is 2.16. The number of H-pyrrole nitrogens is 1. The van der Waals surface area contributed by atoms with Crippen molar-refractivity contribution in [2.45, 2.75) is 63.1 Å². The number of amides is 3. The van der Waals surface area contributed by atoms with Crippen LogP contribution >= 0.6 is 11.8 Å². The highest BCUT2D eigenvalue weighted by Crippen LogP contribution is 2.05. The second-order valence-corrected chi connectivity index (χ2v) is 8.50. The van der Waals surface area contributed by atoms with Crippen LogP contribution in [0.25, 0.3) is 0 Å². The van der Waals surface area contributed by atoms with Gasteiger partial charge in [-0.1, -0.05) is 0 Å². The lowest BCUT2D eigenvalue weighted by atomic mass is 10.1. The summed E-state index contributed by atoms with van der Waals surface area (Å²) in [5, 5.41) is 36.1. The predicted molar refractivity (Wildman–Crippen MR) is 120 cm³/mol. The van der Waals surface area contributed by atoms with Crippen LogP contribution in [-0.2, 0) is 25.6 Å². The van der Waals surface area contributed by atoms with Gasteiger partial charge in [0.15, 0.2) is 0 Å². The quantitative estimate of drug-likeness (QED) is 0.136. The highest BCUT2D eigenvalue weighted by atomic mass is 32.2. The molecule has 33 heavy (non-hydrogen) atoms. The summed E-state index contributed by atoms with van der Waals surface area (Å²) in [5.41, 5.74) is 6.08. The number of aliphatic hydroxyl groups excluding tert-OH is 2. The molecule has 6 atom stereocenters. The molecule has 0 bridgehead atoms. The van der Waals surface area contributed by atoms with E-state index in [9.17, 15) is 34.5 Å². The zero-order chi connectivity index (χ0) is 25.1. The molecule has 0 radical (unpaired) electrons. The third-order valence-corrected chi connectivity index (χ3v) is 5.37. The Morgan fingerprint density at radius 1 is 1.06 bits per heavy atom. The first-order valence-electron chi connectivity index (χ1n) is 10.2. The molecule has 1 aromatic heterocycles. The van der Waals surface area contributed by atoms with Crippen molar-refractivity contribution in [3.8, 4) is 0 Å². The summed E-state index contributed by atoms with van der Waals surface area (Å²) in [6, 6.07) is -5.18. The van der Waals surface area contributed by atoms with Crippen LogP contribution in [0, 0.1) is 0 Å². The van der Waals surface area contributed by atoms with Crippen molar-refractivity contribution < 1.29 is 34.5 Å². The van der Waals surface area contributed by atoms with Crippen LogP contribution in [0.15, 0.2) is 12.5 Å². The van der Waals surface area contributed by atoms with E-state index in [1.165, 1.54) is 38.1 Å². The van der Waals surface area contributed by atoms with Gasteiger partial charge < -0.3 is 42.0 Å². The molecule has 0 fully saturated rings. The SMILES string of the molecule is CSCCC(NC(=O)C(N)C(C)O)C(=O)NC(C(=O)NC(Cc1cnc[nH]1)C(=O)O)C(C)O. The number of carboxylic acid groups (broad SMARTS) is 1. The number of carbonyl (C=O) groups is 4. The molecule has 9 N–H and O–H groups in total. The number of carbonyl (C=O) groups excluding carboxylic acids is 3. The average molecular weight is 489 g/mol. The molecule has 0 spiro atoms. The Morgan fingerprint density at radius 2 is 1.70 bits per heavy atom. The maximum Gasteiger partial charge on any atom is 0.326 e. The van der Waals surface area contributed by atoms with Gasteiger partial charge in [0.25, 0.3) is 0 Å².